The summed E-state index contributed by atoms with van der Waals surface area (Å²) in [5.74, 6) is -1.42. The van der Waals surface area contributed by atoms with E-state index in [9.17, 15) is 14.0 Å². The maximum atomic E-state index is 13.5. The van der Waals surface area contributed by atoms with Crippen LogP contribution in [0.1, 0.15) is 30.3 Å². The lowest BCUT2D eigenvalue weighted by molar-refractivity contribution is -0.142. The number of halogens is 1. The van der Waals surface area contributed by atoms with Crippen LogP contribution in [0.25, 0.3) is 10.2 Å². The van der Waals surface area contributed by atoms with Gasteiger partial charge in [0.05, 0.1) is 28.9 Å². The number of carboxylic acids is 1. The average Bonchev–Trinajstić information content (AvgIpc) is 3.07. The number of rotatable bonds is 6. The molecule has 6 nitrogen and oxygen atoms in total. The van der Waals surface area contributed by atoms with Gasteiger partial charge in [-0.3, -0.25) is 14.5 Å². The highest BCUT2D eigenvalue weighted by Crippen LogP contribution is 2.37. The molecule has 1 aromatic heterocycles. The summed E-state index contributed by atoms with van der Waals surface area (Å²) in [5.41, 5.74) is 2.21. The first kappa shape index (κ1) is 19.3. The highest BCUT2D eigenvalue weighted by Gasteiger charge is 2.36. The maximum Gasteiger partial charge on any atom is 0.307 e. The number of benzene rings is 2. The van der Waals surface area contributed by atoms with Crippen molar-refractivity contribution in [1.82, 2.24) is 4.98 Å². The van der Waals surface area contributed by atoms with Crippen molar-refractivity contribution < 1.29 is 23.8 Å². The van der Waals surface area contributed by atoms with Crippen LogP contribution in [-0.2, 0) is 22.6 Å². The number of ether oxygens (including phenoxy) is 1. The minimum absolute atomic E-state index is 0.169. The second-order valence-corrected chi connectivity index (χ2v) is 8.02. The summed E-state index contributed by atoms with van der Waals surface area (Å²) in [6.45, 7) is 2.24. The van der Waals surface area contributed by atoms with Crippen molar-refractivity contribution in [2.75, 3.05) is 4.90 Å². The van der Waals surface area contributed by atoms with Crippen molar-refractivity contribution in [1.29, 1.82) is 0 Å². The molecule has 4 rings (SSSR count). The van der Waals surface area contributed by atoms with Crippen LogP contribution in [-0.4, -0.2) is 28.1 Å². The van der Waals surface area contributed by atoms with E-state index in [0.717, 1.165) is 23.1 Å². The lowest BCUT2D eigenvalue weighted by Crippen LogP contribution is -2.46. The van der Waals surface area contributed by atoms with E-state index in [2.05, 4.69) is 11.9 Å². The van der Waals surface area contributed by atoms with E-state index < -0.39 is 24.4 Å². The molecule has 2 heterocycles. The molecule has 0 saturated carbocycles. The predicted molar refractivity (Wildman–Crippen MR) is 108 cm³/mol. The fourth-order valence-electron chi connectivity index (χ4n) is 3.42. The number of amides is 1. The van der Waals surface area contributed by atoms with Crippen molar-refractivity contribution in [2.24, 2.45) is 0 Å². The van der Waals surface area contributed by atoms with Crippen LogP contribution in [0.15, 0.2) is 36.4 Å². The van der Waals surface area contributed by atoms with E-state index in [4.69, 9.17) is 9.84 Å². The van der Waals surface area contributed by atoms with Crippen molar-refractivity contribution in [2.45, 2.75) is 38.8 Å². The standard InChI is InChI=1S/C21H19FN2O4S/c1-2-3-12-4-6-16-15(8-12)24(21(27)17(28-16)10-20(25)26)11-19-23-14-9-13(22)5-7-18(14)29-19/h4-9,17H,2-3,10-11H2,1H3,(H,25,26). The summed E-state index contributed by atoms with van der Waals surface area (Å²) in [5, 5.41) is 9.79. The molecule has 3 aromatic rings. The van der Waals surface area contributed by atoms with Gasteiger partial charge in [-0.25, -0.2) is 9.37 Å². The molecule has 1 aliphatic heterocycles. The molecule has 0 bridgehead atoms. The highest BCUT2D eigenvalue weighted by atomic mass is 32.1. The molecule has 1 aliphatic rings. The van der Waals surface area contributed by atoms with Gasteiger partial charge in [0.15, 0.2) is 6.10 Å². The van der Waals surface area contributed by atoms with Crippen LogP contribution < -0.4 is 9.64 Å². The van der Waals surface area contributed by atoms with Crippen LogP contribution in [0, 0.1) is 5.82 Å². The van der Waals surface area contributed by atoms with Crippen LogP contribution >= 0.6 is 11.3 Å². The van der Waals surface area contributed by atoms with Gasteiger partial charge in [0.25, 0.3) is 5.91 Å². The van der Waals surface area contributed by atoms with Gasteiger partial charge in [-0.05, 0) is 36.2 Å². The first-order valence-corrected chi connectivity index (χ1v) is 10.1. The Kier molecular flexibility index (Phi) is 5.19. The summed E-state index contributed by atoms with van der Waals surface area (Å²) in [6, 6.07) is 10.0. The molecule has 0 saturated heterocycles. The third-order valence-corrected chi connectivity index (χ3v) is 5.73. The van der Waals surface area contributed by atoms with Crippen molar-refractivity contribution >= 4 is 39.1 Å². The van der Waals surface area contributed by atoms with Gasteiger partial charge in [0.1, 0.15) is 16.6 Å². The Morgan fingerprint density at radius 3 is 2.90 bits per heavy atom. The number of anilines is 1. The van der Waals surface area contributed by atoms with Gasteiger partial charge in [0.2, 0.25) is 0 Å². The molecule has 8 heteroatoms. The van der Waals surface area contributed by atoms with Crippen molar-refractivity contribution in [3.63, 3.8) is 0 Å². The molecule has 0 radical (unpaired) electrons. The number of carbonyl (C=O) groups excluding carboxylic acids is 1. The van der Waals surface area contributed by atoms with E-state index in [1.54, 1.807) is 12.1 Å². The zero-order chi connectivity index (χ0) is 20.5. The van der Waals surface area contributed by atoms with Gasteiger partial charge < -0.3 is 9.84 Å². The Labute approximate surface area is 170 Å². The number of thiazole rings is 1. The second kappa shape index (κ2) is 7.79. The van der Waals surface area contributed by atoms with E-state index >= 15 is 0 Å². The molecule has 0 spiro atoms. The lowest BCUT2D eigenvalue weighted by Gasteiger charge is -2.33. The van der Waals surface area contributed by atoms with E-state index in [0.29, 0.717) is 22.0 Å². The molecule has 1 amide bonds. The first-order chi connectivity index (χ1) is 13.9. The fraction of sp³-hybridized carbons (Fsp3) is 0.286. The summed E-state index contributed by atoms with van der Waals surface area (Å²) < 4.78 is 20.0. The first-order valence-electron chi connectivity index (χ1n) is 9.32. The van der Waals surface area contributed by atoms with Gasteiger partial charge in [-0.2, -0.15) is 0 Å². The van der Waals surface area contributed by atoms with E-state index in [-0.39, 0.29) is 12.4 Å². The van der Waals surface area contributed by atoms with E-state index in [1.807, 2.05) is 12.1 Å². The summed E-state index contributed by atoms with van der Waals surface area (Å²) in [7, 11) is 0. The number of carboxylic acid groups (broad SMARTS) is 1. The Morgan fingerprint density at radius 1 is 1.31 bits per heavy atom. The van der Waals surface area contributed by atoms with Gasteiger partial charge >= 0.3 is 5.97 Å². The second-order valence-electron chi connectivity index (χ2n) is 6.90. The van der Waals surface area contributed by atoms with Gasteiger partial charge in [0, 0.05) is 6.07 Å². The third kappa shape index (κ3) is 3.93. The largest absolute Gasteiger partial charge is 0.481 e. The number of aryl methyl sites for hydroxylation is 1. The summed E-state index contributed by atoms with van der Waals surface area (Å²) >= 11 is 1.38. The maximum absolute atomic E-state index is 13.5. The summed E-state index contributed by atoms with van der Waals surface area (Å²) in [6.07, 6.45) is 0.299. The van der Waals surface area contributed by atoms with Gasteiger partial charge in [-0.15, -0.1) is 11.3 Å². The molecule has 0 aliphatic carbocycles. The Hall–Kier alpha value is -3.00. The van der Waals surface area contributed by atoms with Gasteiger partial charge in [-0.1, -0.05) is 19.4 Å². The number of carbonyl (C=O) groups is 2. The number of aromatic nitrogens is 1. The Balaban J connectivity index is 1.72. The zero-order valence-electron chi connectivity index (χ0n) is 15.7. The molecule has 1 atom stereocenters. The summed E-state index contributed by atoms with van der Waals surface area (Å²) in [4.78, 5) is 30.2. The highest BCUT2D eigenvalue weighted by molar-refractivity contribution is 7.18. The monoisotopic (exact) mass is 414 g/mol. The normalized spacial score (nSPS) is 16.0. The average molecular weight is 414 g/mol. The minimum atomic E-state index is -1.11. The van der Waals surface area contributed by atoms with Crippen LogP contribution in [0.4, 0.5) is 10.1 Å². The topological polar surface area (TPSA) is 79.7 Å². The number of hydrogen-bond acceptors (Lipinski definition) is 5. The SMILES string of the molecule is CCCc1ccc2c(c1)N(Cc1nc3cc(F)ccc3s1)C(=O)C(CC(=O)O)O2. The van der Waals surface area contributed by atoms with Crippen molar-refractivity contribution in [3.05, 3.63) is 52.8 Å². The zero-order valence-corrected chi connectivity index (χ0v) is 16.5. The predicted octanol–water partition coefficient (Wildman–Crippen LogP) is 4.16. The molecule has 2 aromatic carbocycles. The molecule has 0 fully saturated rings. The lowest BCUT2D eigenvalue weighted by atomic mass is 10.1. The molecule has 150 valence electrons. The number of fused-ring (bicyclic) bond motifs is 2. The third-order valence-electron chi connectivity index (χ3n) is 4.71. The molecular weight excluding hydrogens is 395 g/mol. The smallest absolute Gasteiger partial charge is 0.307 e. The van der Waals surface area contributed by atoms with Crippen LogP contribution in [0.2, 0.25) is 0 Å². The number of hydrogen-bond donors (Lipinski definition) is 1. The minimum Gasteiger partial charge on any atom is -0.481 e. The van der Waals surface area contributed by atoms with Crippen molar-refractivity contribution in [3.8, 4) is 5.75 Å². The van der Waals surface area contributed by atoms with Crippen LogP contribution in [0.5, 0.6) is 5.75 Å². The quantitative estimate of drug-likeness (QED) is 0.655. The number of nitrogens with zero attached hydrogens (tertiary/aromatic N) is 2. The fourth-order valence-corrected chi connectivity index (χ4v) is 4.35. The number of aliphatic carboxylic acids is 1. The molecule has 29 heavy (non-hydrogen) atoms. The molecule has 1 N–H and O–H groups in total. The Bertz CT molecular complexity index is 1100. The Morgan fingerprint density at radius 2 is 2.14 bits per heavy atom. The molecular formula is C21H19FN2O4S. The van der Waals surface area contributed by atoms with Crippen LogP contribution in [0.3, 0.4) is 0 Å². The molecule has 1 unspecified atom stereocenters. The van der Waals surface area contributed by atoms with E-state index in [1.165, 1.54) is 28.4 Å².